The number of amides is 1. The fourth-order valence-electron chi connectivity index (χ4n) is 1.80. The van der Waals surface area contributed by atoms with Gasteiger partial charge in [-0.2, -0.15) is 13.2 Å². The average molecular weight is 259 g/mol. The normalized spacial score (nSPS) is 19.7. The van der Waals surface area contributed by atoms with Gasteiger partial charge in [0.25, 0.3) is 0 Å². The smallest absolute Gasteiger partial charge is 0.397 e. The zero-order valence-corrected chi connectivity index (χ0v) is 9.34. The highest BCUT2D eigenvalue weighted by Gasteiger charge is 2.31. The molecule has 1 aliphatic heterocycles. The summed E-state index contributed by atoms with van der Waals surface area (Å²) in [7, 11) is 0. The Labute approximate surface area is 101 Å². The number of nitrogens with two attached hydrogens (primary N) is 1. The second-order valence-corrected chi connectivity index (χ2v) is 4.15. The molecule has 1 aromatic carbocycles. The Morgan fingerprint density at radius 3 is 2.61 bits per heavy atom. The highest BCUT2D eigenvalue weighted by atomic mass is 19.4. The van der Waals surface area contributed by atoms with E-state index in [0.29, 0.717) is 18.7 Å². The first kappa shape index (κ1) is 12.5. The van der Waals surface area contributed by atoms with Gasteiger partial charge in [0, 0.05) is 13.0 Å². The number of benzene rings is 1. The summed E-state index contributed by atoms with van der Waals surface area (Å²) in [5.41, 5.74) is 5.20. The van der Waals surface area contributed by atoms with Gasteiger partial charge in [-0.3, -0.25) is 4.79 Å². The van der Waals surface area contributed by atoms with Crippen molar-refractivity contribution in [2.45, 2.75) is 18.6 Å². The number of halogens is 3. The first-order valence-corrected chi connectivity index (χ1v) is 5.36. The van der Waals surface area contributed by atoms with Gasteiger partial charge in [-0.15, -0.1) is 0 Å². The van der Waals surface area contributed by atoms with Crippen LogP contribution in [0.5, 0.6) is 0 Å². The molecule has 4 nitrogen and oxygen atoms in total. The lowest BCUT2D eigenvalue weighted by Gasteiger charge is -2.15. The van der Waals surface area contributed by atoms with E-state index in [9.17, 15) is 18.0 Å². The van der Waals surface area contributed by atoms with Crippen molar-refractivity contribution in [3.63, 3.8) is 0 Å². The average Bonchev–Trinajstić information content (AvgIpc) is 2.65. The molecule has 1 aromatic rings. The zero-order valence-electron chi connectivity index (χ0n) is 9.34. The standard InChI is InChI=1S/C11H12F3N3O/c12-11(13,14)6-1-2-9(8(15)3-6)17-7-4-10(18)16-5-7/h1-3,7,17H,4-5,15H2,(H,16,18). The summed E-state index contributed by atoms with van der Waals surface area (Å²) in [6, 6.07) is 2.98. The second-order valence-electron chi connectivity index (χ2n) is 4.15. The number of anilines is 2. The summed E-state index contributed by atoms with van der Waals surface area (Å²) in [5.74, 6) is -0.0852. The van der Waals surface area contributed by atoms with Gasteiger partial charge in [0.2, 0.25) is 5.91 Å². The van der Waals surface area contributed by atoms with E-state index in [0.717, 1.165) is 12.1 Å². The summed E-state index contributed by atoms with van der Waals surface area (Å²) in [6.07, 6.45) is -4.11. The number of hydrogen-bond acceptors (Lipinski definition) is 3. The highest BCUT2D eigenvalue weighted by molar-refractivity contribution is 5.80. The van der Waals surface area contributed by atoms with Crippen molar-refractivity contribution in [1.29, 1.82) is 0 Å². The fraction of sp³-hybridized carbons (Fsp3) is 0.364. The van der Waals surface area contributed by atoms with Crippen LogP contribution in [-0.4, -0.2) is 18.5 Å². The second kappa shape index (κ2) is 4.40. The Morgan fingerprint density at radius 2 is 2.11 bits per heavy atom. The molecular weight excluding hydrogens is 247 g/mol. The molecule has 0 bridgehead atoms. The van der Waals surface area contributed by atoms with Crippen LogP contribution >= 0.6 is 0 Å². The van der Waals surface area contributed by atoms with E-state index in [1.54, 1.807) is 0 Å². The number of nitrogen functional groups attached to an aromatic ring is 1. The quantitative estimate of drug-likeness (QED) is 0.706. The van der Waals surface area contributed by atoms with Crippen LogP contribution in [0, 0.1) is 0 Å². The molecule has 1 heterocycles. The van der Waals surface area contributed by atoms with Crippen molar-refractivity contribution in [1.82, 2.24) is 5.32 Å². The van der Waals surface area contributed by atoms with Gasteiger partial charge in [-0.1, -0.05) is 0 Å². The maximum atomic E-state index is 12.4. The molecule has 0 spiro atoms. The van der Waals surface area contributed by atoms with E-state index < -0.39 is 11.7 Å². The molecule has 0 saturated carbocycles. The molecule has 2 rings (SSSR count). The topological polar surface area (TPSA) is 67.2 Å². The largest absolute Gasteiger partial charge is 0.416 e. The monoisotopic (exact) mass is 259 g/mol. The number of alkyl halides is 3. The first-order valence-electron chi connectivity index (χ1n) is 5.36. The third-order valence-electron chi connectivity index (χ3n) is 2.72. The molecule has 1 unspecified atom stereocenters. The summed E-state index contributed by atoms with van der Waals surface area (Å²) in [6.45, 7) is 0.444. The Kier molecular flexibility index (Phi) is 3.06. The van der Waals surface area contributed by atoms with Crippen LogP contribution < -0.4 is 16.4 Å². The van der Waals surface area contributed by atoms with E-state index >= 15 is 0 Å². The van der Waals surface area contributed by atoms with Crippen LogP contribution in [0.1, 0.15) is 12.0 Å². The highest BCUT2D eigenvalue weighted by Crippen LogP contribution is 2.33. The third kappa shape index (κ3) is 2.66. The minimum Gasteiger partial charge on any atom is -0.397 e. The maximum absolute atomic E-state index is 12.4. The van der Waals surface area contributed by atoms with Gasteiger partial charge in [0.15, 0.2) is 0 Å². The van der Waals surface area contributed by atoms with E-state index in [-0.39, 0.29) is 17.6 Å². The SMILES string of the molecule is Nc1cc(C(F)(F)F)ccc1NC1CNC(=O)C1. The van der Waals surface area contributed by atoms with Gasteiger partial charge in [0.1, 0.15) is 0 Å². The lowest BCUT2D eigenvalue weighted by atomic mass is 10.1. The summed E-state index contributed by atoms with van der Waals surface area (Å²) in [5, 5.41) is 5.57. The summed E-state index contributed by atoms with van der Waals surface area (Å²) in [4.78, 5) is 11.0. The summed E-state index contributed by atoms with van der Waals surface area (Å²) < 4.78 is 37.3. The molecule has 1 aliphatic rings. The van der Waals surface area contributed by atoms with Gasteiger partial charge in [-0.25, -0.2) is 0 Å². The fourth-order valence-corrected chi connectivity index (χ4v) is 1.80. The lowest BCUT2D eigenvalue weighted by Crippen LogP contribution is -2.23. The van der Waals surface area contributed by atoms with Crippen molar-refractivity contribution in [3.05, 3.63) is 23.8 Å². The minimum absolute atomic E-state index is 0.0178. The predicted octanol–water partition coefficient (Wildman–Crippen LogP) is 1.59. The molecule has 18 heavy (non-hydrogen) atoms. The van der Waals surface area contributed by atoms with E-state index in [4.69, 9.17) is 5.73 Å². The van der Waals surface area contributed by atoms with Crippen molar-refractivity contribution in [3.8, 4) is 0 Å². The maximum Gasteiger partial charge on any atom is 0.416 e. The molecule has 1 amide bonds. The molecule has 0 aromatic heterocycles. The van der Waals surface area contributed by atoms with Gasteiger partial charge in [0.05, 0.1) is 23.0 Å². The number of nitrogens with one attached hydrogen (secondary N) is 2. The molecule has 1 atom stereocenters. The van der Waals surface area contributed by atoms with Crippen LogP contribution in [-0.2, 0) is 11.0 Å². The van der Waals surface area contributed by atoms with Crippen molar-refractivity contribution in [2.24, 2.45) is 0 Å². The lowest BCUT2D eigenvalue weighted by molar-refractivity contribution is -0.137. The Bertz CT molecular complexity index is 473. The number of hydrogen-bond donors (Lipinski definition) is 3. The molecule has 0 aliphatic carbocycles. The van der Waals surface area contributed by atoms with Crippen molar-refractivity contribution in [2.75, 3.05) is 17.6 Å². The van der Waals surface area contributed by atoms with Crippen LogP contribution in [0.4, 0.5) is 24.5 Å². The number of rotatable bonds is 2. The Hall–Kier alpha value is -1.92. The Morgan fingerprint density at radius 1 is 1.39 bits per heavy atom. The molecule has 0 radical (unpaired) electrons. The zero-order chi connectivity index (χ0) is 13.3. The van der Waals surface area contributed by atoms with E-state index in [2.05, 4.69) is 10.6 Å². The van der Waals surface area contributed by atoms with Gasteiger partial charge in [-0.05, 0) is 18.2 Å². The molecule has 4 N–H and O–H groups in total. The van der Waals surface area contributed by atoms with Crippen LogP contribution in [0.2, 0.25) is 0 Å². The summed E-state index contributed by atoms with van der Waals surface area (Å²) >= 11 is 0. The van der Waals surface area contributed by atoms with Gasteiger partial charge >= 0.3 is 6.18 Å². The molecule has 7 heteroatoms. The molecular formula is C11H12F3N3O. The molecule has 98 valence electrons. The van der Waals surface area contributed by atoms with E-state index in [1.807, 2.05) is 0 Å². The van der Waals surface area contributed by atoms with Gasteiger partial charge < -0.3 is 16.4 Å². The van der Waals surface area contributed by atoms with Crippen LogP contribution in [0.3, 0.4) is 0 Å². The minimum atomic E-state index is -4.41. The van der Waals surface area contributed by atoms with Crippen molar-refractivity contribution >= 4 is 17.3 Å². The van der Waals surface area contributed by atoms with Crippen molar-refractivity contribution < 1.29 is 18.0 Å². The third-order valence-corrected chi connectivity index (χ3v) is 2.72. The number of carbonyl (C=O) groups excluding carboxylic acids is 1. The van der Waals surface area contributed by atoms with Crippen LogP contribution in [0.25, 0.3) is 0 Å². The number of carbonyl (C=O) groups is 1. The van der Waals surface area contributed by atoms with E-state index in [1.165, 1.54) is 6.07 Å². The van der Waals surface area contributed by atoms with Crippen LogP contribution in [0.15, 0.2) is 18.2 Å². The molecule has 1 saturated heterocycles. The first-order chi connectivity index (χ1) is 8.36. The Balaban J connectivity index is 2.13. The predicted molar refractivity (Wildman–Crippen MR) is 60.9 cm³/mol. The molecule has 1 fully saturated rings.